The molecule has 2 aromatic rings. The first kappa shape index (κ1) is 33.8. The van der Waals surface area contributed by atoms with Crippen molar-refractivity contribution < 1.29 is 52.4 Å². The first-order chi connectivity index (χ1) is 20.9. The average molecular weight is 615 g/mol. The topological polar surface area (TPSA) is 166 Å². The van der Waals surface area contributed by atoms with Gasteiger partial charge in [0.2, 0.25) is 6.79 Å². The van der Waals surface area contributed by atoms with Crippen molar-refractivity contribution in [3.8, 4) is 11.5 Å². The van der Waals surface area contributed by atoms with Gasteiger partial charge in [-0.2, -0.15) is 0 Å². The molecule has 13 heteroatoms. The van der Waals surface area contributed by atoms with E-state index in [2.05, 4.69) is 10.3 Å². The molecule has 0 spiro atoms. The molecule has 0 aliphatic carbocycles. The van der Waals surface area contributed by atoms with E-state index in [1.165, 1.54) is 26.3 Å². The molecule has 238 valence electrons. The minimum atomic E-state index is -1.45. The van der Waals surface area contributed by atoms with E-state index in [1.54, 1.807) is 39.8 Å². The van der Waals surface area contributed by atoms with Crippen LogP contribution < -0.4 is 14.8 Å². The van der Waals surface area contributed by atoms with Crippen molar-refractivity contribution in [3.05, 3.63) is 53.9 Å². The molecular weight excluding hydrogens is 576 g/mol. The van der Waals surface area contributed by atoms with Gasteiger partial charge in [-0.1, -0.05) is 58.0 Å². The minimum Gasteiger partial charge on any atom is -0.493 e. The number of hydrogen-bond donors (Lipinski definition) is 1. The quantitative estimate of drug-likeness (QED) is 0.224. The highest BCUT2D eigenvalue weighted by molar-refractivity contribution is 5.98. The Hall–Kier alpha value is -4.68. The number of amides is 1. The number of nitrogens with one attached hydrogen (secondary N) is 1. The third kappa shape index (κ3) is 8.91. The number of carbonyl (C=O) groups excluding carboxylic acids is 5. The number of esters is 4. The van der Waals surface area contributed by atoms with Crippen LogP contribution in [0.3, 0.4) is 0 Å². The monoisotopic (exact) mass is 614 g/mol. The van der Waals surface area contributed by atoms with Gasteiger partial charge >= 0.3 is 23.9 Å². The number of nitrogens with zero attached hydrogens (tertiary/aromatic N) is 1. The fourth-order valence-electron chi connectivity index (χ4n) is 4.18. The number of ether oxygens (including phenoxy) is 6. The van der Waals surface area contributed by atoms with Crippen LogP contribution in [0.1, 0.15) is 50.7 Å². The average Bonchev–Trinajstić information content (AvgIpc) is 3.03. The summed E-state index contributed by atoms with van der Waals surface area (Å²) < 4.78 is 32.6. The molecule has 0 bridgehead atoms. The number of cyclic esters (lactones) is 2. The lowest BCUT2D eigenvalue weighted by atomic mass is 9.91. The molecule has 3 rings (SSSR count). The normalized spacial score (nSPS) is 20.4. The number of aromatic nitrogens is 1. The van der Waals surface area contributed by atoms with Gasteiger partial charge in [-0.05, 0) is 18.9 Å². The fraction of sp³-hybridized carbons (Fsp3) is 0.484. The maximum Gasteiger partial charge on any atom is 0.332 e. The summed E-state index contributed by atoms with van der Waals surface area (Å²) in [6.45, 7) is 6.98. The summed E-state index contributed by atoms with van der Waals surface area (Å²) in [4.78, 5) is 68.5. The zero-order valence-corrected chi connectivity index (χ0v) is 25.6. The molecule has 1 N–H and O–H groups in total. The van der Waals surface area contributed by atoms with E-state index in [4.69, 9.17) is 28.4 Å². The van der Waals surface area contributed by atoms with E-state index >= 15 is 0 Å². The van der Waals surface area contributed by atoms with Crippen molar-refractivity contribution >= 4 is 29.8 Å². The van der Waals surface area contributed by atoms with Gasteiger partial charge in [-0.3, -0.25) is 19.2 Å². The molecule has 44 heavy (non-hydrogen) atoms. The molecule has 1 fully saturated rings. The van der Waals surface area contributed by atoms with Gasteiger partial charge in [0.1, 0.15) is 18.6 Å². The van der Waals surface area contributed by atoms with Crippen LogP contribution >= 0.6 is 0 Å². The van der Waals surface area contributed by atoms with Crippen molar-refractivity contribution in [2.45, 2.75) is 59.3 Å². The number of carbonyl (C=O) groups is 5. The lowest BCUT2D eigenvalue weighted by Crippen LogP contribution is -2.47. The zero-order valence-electron chi connectivity index (χ0n) is 25.6. The number of methoxy groups -OCH3 is 1. The lowest BCUT2D eigenvalue weighted by molar-refractivity contribution is -0.176. The van der Waals surface area contributed by atoms with Crippen LogP contribution in [0.5, 0.6) is 11.5 Å². The van der Waals surface area contributed by atoms with Crippen LogP contribution in [0.2, 0.25) is 0 Å². The van der Waals surface area contributed by atoms with Gasteiger partial charge in [-0.15, -0.1) is 0 Å². The van der Waals surface area contributed by atoms with Gasteiger partial charge in [0.25, 0.3) is 5.91 Å². The first-order valence-electron chi connectivity index (χ1n) is 14.2. The number of pyridine rings is 1. The first-order valence-corrected chi connectivity index (χ1v) is 14.2. The largest absolute Gasteiger partial charge is 0.493 e. The van der Waals surface area contributed by atoms with E-state index in [0.717, 1.165) is 5.56 Å². The summed E-state index contributed by atoms with van der Waals surface area (Å²) in [5.74, 6) is -5.61. The molecule has 3 unspecified atom stereocenters. The van der Waals surface area contributed by atoms with Crippen molar-refractivity contribution in [1.29, 1.82) is 0 Å². The molecule has 1 aromatic carbocycles. The molecule has 0 radical (unpaired) electrons. The maximum absolute atomic E-state index is 13.4. The van der Waals surface area contributed by atoms with E-state index in [1.807, 2.05) is 18.2 Å². The van der Waals surface area contributed by atoms with Crippen molar-refractivity contribution in [2.24, 2.45) is 17.8 Å². The molecular formula is C31H38N2O11. The summed E-state index contributed by atoms with van der Waals surface area (Å²) in [6.07, 6.45) is -0.811. The summed E-state index contributed by atoms with van der Waals surface area (Å²) in [5.41, 5.74) is 0.487. The minimum absolute atomic E-state index is 0.112. The second kappa shape index (κ2) is 15.7. The zero-order chi connectivity index (χ0) is 32.4. The number of hydrogen-bond acceptors (Lipinski definition) is 12. The number of benzene rings is 1. The van der Waals surface area contributed by atoms with E-state index in [-0.39, 0.29) is 23.6 Å². The predicted molar refractivity (Wildman–Crippen MR) is 153 cm³/mol. The molecule has 0 saturated carbocycles. The lowest BCUT2D eigenvalue weighted by Gasteiger charge is -2.29. The highest BCUT2D eigenvalue weighted by Gasteiger charge is 2.42. The second-order valence-electron chi connectivity index (χ2n) is 10.7. The molecule has 1 amide bonds. The van der Waals surface area contributed by atoms with Crippen LogP contribution in [0.4, 0.5) is 0 Å². The Bertz CT molecular complexity index is 1330. The van der Waals surface area contributed by atoms with Gasteiger partial charge in [0, 0.05) is 12.3 Å². The number of rotatable bonds is 11. The Morgan fingerprint density at radius 3 is 2.32 bits per heavy atom. The maximum atomic E-state index is 13.4. The molecule has 4 atom stereocenters. The Morgan fingerprint density at radius 2 is 1.68 bits per heavy atom. The summed E-state index contributed by atoms with van der Waals surface area (Å²) in [7, 11) is 1.34. The van der Waals surface area contributed by atoms with Gasteiger partial charge in [0.05, 0.1) is 18.9 Å². The summed E-state index contributed by atoms with van der Waals surface area (Å²) in [5, 5.41) is 2.46. The highest BCUT2D eigenvalue weighted by atomic mass is 16.7. The highest BCUT2D eigenvalue weighted by Crippen LogP contribution is 2.30. The fourth-order valence-corrected chi connectivity index (χ4v) is 4.18. The van der Waals surface area contributed by atoms with Gasteiger partial charge < -0.3 is 33.7 Å². The van der Waals surface area contributed by atoms with Crippen molar-refractivity contribution in [3.63, 3.8) is 0 Å². The van der Waals surface area contributed by atoms with E-state index in [9.17, 15) is 24.0 Å². The van der Waals surface area contributed by atoms with Gasteiger partial charge in [-0.25, -0.2) is 9.78 Å². The second-order valence-corrected chi connectivity index (χ2v) is 10.7. The van der Waals surface area contributed by atoms with Crippen LogP contribution in [-0.2, 0) is 44.5 Å². The predicted octanol–water partition coefficient (Wildman–Crippen LogP) is 2.64. The Kier molecular flexibility index (Phi) is 12.1. The van der Waals surface area contributed by atoms with E-state index < -0.39 is 79.2 Å². The standard InChI is InChI=1S/C31H38N2O11/c1-17(2)28(35)42-16-41-26-23(39-6)12-13-32-24(26)27(34)33-22-15-40-30(37)21(14-20-10-8-7-9-11-20)25(19(5)43-31(22)38)44-29(36)18(3)4/h7-13,17-19,21-22,25H,14-16H2,1-6H3,(H,33,34)/t19?,21?,22-,25?/m0/s1. The molecule has 1 aromatic heterocycles. The summed E-state index contributed by atoms with van der Waals surface area (Å²) in [6, 6.07) is 9.03. The van der Waals surface area contributed by atoms with Gasteiger partial charge in [0.15, 0.2) is 29.3 Å². The Morgan fingerprint density at radius 1 is 1.00 bits per heavy atom. The molecule has 1 saturated heterocycles. The smallest absolute Gasteiger partial charge is 0.332 e. The summed E-state index contributed by atoms with van der Waals surface area (Å²) >= 11 is 0. The molecule has 2 heterocycles. The van der Waals surface area contributed by atoms with Crippen LogP contribution in [0.25, 0.3) is 0 Å². The molecule has 13 nitrogen and oxygen atoms in total. The van der Waals surface area contributed by atoms with Crippen LogP contribution in [-0.4, -0.2) is 73.5 Å². The SMILES string of the molecule is COc1ccnc(C(=O)N[C@H]2COC(=O)C(Cc3ccccc3)C(OC(=O)C(C)C)C(C)OC2=O)c1OCOC(=O)C(C)C. The third-order valence-corrected chi connectivity index (χ3v) is 6.65. The van der Waals surface area contributed by atoms with E-state index in [0.29, 0.717) is 0 Å². The van der Waals surface area contributed by atoms with Crippen LogP contribution in [0, 0.1) is 17.8 Å². The van der Waals surface area contributed by atoms with Crippen LogP contribution in [0.15, 0.2) is 42.6 Å². The third-order valence-electron chi connectivity index (χ3n) is 6.65. The van der Waals surface area contributed by atoms with Crippen molar-refractivity contribution in [2.75, 3.05) is 20.5 Å². The molecule has 1 aliphatic rings. The molecule has 1 aliphatic heterocycles. The Labute approximate surface area is 255 Å². The van der Waals surface area contributed by atoms with Crippen molar-refractivity contribution in [1.82, 2.24) is 10.3 Å². The Balaban J connectivity index is 1.85.